The number of allylic oxidation sites excluding steroid dienone is 12. The third-order valence-electron chi connectivity index (χ3n) is 13.2. The Kier molecular flexibility index (Phi) is 56.8. The molecule has 0 spiro atoms. The van der Waals surface area contributed by atoms with Crippen molar-refractivity contribution in [3.8, 4) is 0 Å². The van der Waals surface area contributed by atoms with Gasteiger partial charge in [-0.2, -0.15) is 0 Å². The Balaban J connectivity index is 4.45. The summed E-state index contributed by atoms with van der Waals surface area (Å²) in [5, 5.41) is 0. The lowest BCUT2D eigenvalue weighted by molar-refractivity contribution is -0.166. The summed E-state index contributed by atoms with van der Waals surface area (Å²) in [5.74, 6) is -0.966. The fourth-order valence-corrected chi connectivity index (χ4v) is 8.71. The summed E-state index contributed by atoms with van der Waals surface area (Å²) in [4.78, 5) is 38.2. The van der Waals surface area contributed by atoms with Crippen LogP contribution in [0.4, 0.5) is 0 Å². The second-order valence-corrected chi connectivity index (χ2v) is 20.2. The van der Waals surface area contributed by atoms with Gasteiger partial charge in [-0.25, -0.2) is 0 Å². The molecule has 410 valence electrons. The Morgan fingerprint density at radius 1 is 0.296 bits per heavy atom. The zero-order chi connectivity index (χ0) is 51.4. The fraction of sp³-hybridized carbons (Fsp3) is 0.769. The second kappa shape index (κ2) is 59.4. The summed E-state index contributed by atoms with van der Waals surface area (Å²) >= 11 is 0. The van der Waals surface area contributed by atoms with Crippen molar-refractivity contribution in [1.82, 2.24) is 0 Å². The molecule has 0 aromatic heterocycles. The lowest BCUT2D eigenvalue weighted by atomic mass is 10.0. The van der Waals surface area contributed by atoms with Crippen molar-refractivity contribution in [1.29, 1.82) is 0 Å². The molecule has 0 rings (SSSR count). The van der Waals surface area contributed by atoms with Gasteiger partial charge in [0.1, 0.15) is 13.2 Å². The molecule has 0 bridgehead atoms. The van der Waals surface area contributed by atoms with E-state index in [-0.39, 0.29) is 37.5 Å². The third-order valence-corrected chi connectivity index (χ3v) is 13.2. The second-order valence-electron chi connectivity index (χ2n) is 20.2. The summed E-state index contributed by atoms with van der Waals surface area (Å²) < 4.78 is 16.8. The van der Waals surface area contributed by atoms with Gasteiger partial charge >= 0.3 is 17.9 Å². The van der Waals surface area contributed by atoms with E-state index in [2.05, 4.69) is 87.6 Å². The molecule has 0 saturated heterocycles. The van der Waals surface area contributed by atoms with Crippen molar-refractivity contribution < 1.29 is 28.6 Å². The standard InChI is InChI=1S/C65H114O6/c1-4-7-10-13-16-19-22-25-28-31-32-35-37-40-43-46-49-52-55-58-64(67)70-61-62(71-65(68)59-56-53-50-47-44-41-38-34-30-27-24-21-18-15-12-9-6-3)60-69-63(66)57-54-51-48-45-42-39-36-33-29-26-23-20-17-14-11-8-5-2/h7,10,16,19,25,28,32,35,40,43,49,52,62H,4-6,8-9,11-15,17-18,20-24,26-27,29-31,33-34,36-39,41-42,44-48,50-51,53-61H2,1-3H3/b10-7-,19-16-,28-25-,35-32-,43-40-,52-49-/t62-/m1/s1. The van der Waals surface area contributed by atoms with Gasteiger partial charge < -0.3 is 14.2 Å². The number of carbonyl (C=O) groups is 3. The van der Waals surface area contributed by atoms with Gasteiger partial charge in [-0.1, -0.05) is 299 Å². The molecule has 0 heterocycles. The molecular weight excluding hydrogens is 877 g/mol. The van der Waals surface area contributed by atoms with Crippen LogP contribution in [0.5, 0.6) is 0 Å². The molecule has 0 N–H and O–H groups in total. The number of rotatable bonds is 55. The minimum atomic E-state index is -0.803. The summed E-state index contributed by atoms with van der Waals surface area (Å²) in [5.41, 5.74) is 0. The van der Waals surface area contributed by atoms with E-state index in [1.165, 1.54) is 180 Å². The Labute approximate surface area is 440 Å². The lowest BCUT2D eigenvalue weighted by Gasteiger charge is -2.18. The highest BCUT2D eigenvalue weighted by Crippen LogP contribution is 2.17. The van der Waals surface area contributed by atoms with Crippen LogP contribution in [0.15, 0.2) is 72.9 Å². The summed E-state index contributed by atoms with van der Waals surface area (Å²) in [6.45, 7) is 6.51. The van der Waals surface area contributed by atoms with Crippen LogP contribution in [0.3, 0.4) is 0 Å². The molecule has 1 atom stereocenters. The molecule has 0 fully saturated rings. The zero-order valence-corrected chi connectivity index (χ0v) is 47.0. The molecule has 6 nitrogen and oxygen atoms in total. The lowest BCUT2D eigenvalue weighted by Crippen LogP contribution is -2.30. The smallest absolute Gasteiger partial charge is 0.306 e. The van der Waals surface area contributed by atoms with Crippen LogP contribution in [0.25, 0.3) is 0 Å². The van der Waals surface area contributed by atoms with Gasteiger partial charge in [0.25, 0.3) is 0 Å². The Morgan fingerprint density at radius 3 is 0.859 bits per heavy atom. The van der Waals surface area contributed by atoms with Crippen molar-refractivity contribution in [2.45, 2.75) is 309 Å². The molecule has 0 aromatic carbocycles. The molecule has 0 unspecified atom stereocenters. The highest BCUT2D eigenvalue weighted by atomic mass is 16.6. The van der Waals surface area contributed by atoms with Gasteiger partial charge in [-0.15, -0.1) is 0 Å². The van der Waals surface area contributed by atoms with Gasteiger partial charge in [0, 0.05) is 19.3 Å². The van der Waals surface area contributed by atoms with Crippen LogP contribution in [-0.4, -0.2) is 37.2 Å². The van der Waals surface area contributed by atoms with Crippen LogP contribution < -0.4 is 0 Å². The zero-order valence-electron chi connectivity index (χ0n) is 47.0. The number of ether oxygens (including phenoxy) is 3. The van der Waals surface area contributed by atoms with Gasteiger partial charge in [0.05, 0.1) is 0 Å². The van der Waals surface area contributed by atoms with E-state index in [1.54, 1.807) is 0 Å². The van der Waals surface area contributed by atoms with E-state index < -0.39 is 6.10 Å². The molecule has 0 radical (unpaired) electrons. The highest BCUT2D eigenvalue weighted by Gasteiger charge is 2.19. The van der Waals surface area contributed by atoms with Crippen LogP contribution in [0, 0.1) is 0 Å². The van der Waals surface area contributed by atoms with Gasteiger partial charge in [-0.05, 0) is 57.8 Å². The van der Waals surface area contributed by atoms with E-state index in [0.29, 0.717) is 19.3 Å². The van der Waals surface area contributed by atoms with E-state index in [9.17, 15) is 14.4 Å². The SMILES string of the molecule is CC/C=C\C/C=C\C/C=C\C/C=C\C/C=C\C/C=C\CCC(=O)OC[C@@H](COC(=O)CCCCCCCCCCCCCCCCCCC)OC(=O)CCCCCCCCCCCCCCCCCCC. The number of esters is 3. The largest absolute Gasteiger partial charge is 0.462 e. The van der Waals surface area contributed by atoms with Gasteiger partial charge in [-0.3, -0.25) is 14.4 Å². The summed E-state index contributed by atoms with van der Waals surface area (Å²) in [6.07, 6.45) is 76.2. The predicted octanol–water partition coefficient (Wildman–Crippen LogP) is 20.5. The Hall–Kier alpha value is -3.15. The summed E-state index contributed by atoms with van der Waals surface area (Å²) in [6, 6.07) is 0. The average Bonchev–Trinajstić information content (AvgIpc) is 3.37. The van der Waals surface area contributed by atoms with Crippen molar-refractivity contribution in [2.24, 2.45) is 0 Å². The van der Waals surface area contributed by atoms with Crippen molar-refractivity contribution in [3.05, 3.63) is 72.9 Å². The number of hydrogen-bond donors (Lipinski definition) is 0. The molecular formula is C65H114O6. The topological polar surface area (TPSA) is 78.9 Å². The maximum absolute atomic E-state index is 12.9. The minimum absolute atomic E-state index is 0.0942. The number of carbonyl (C=O) groups excluding carboxylic acids is 3. The van der Waals surface area contributed by atoms with Crippen LogP contribution in [0.2, 0.25) is 0 Å². The quantitative estimate of drug-likeness (QED) is 0.0261. The van der Waals surface area contributed by atoms with E-state index in [4.69, 9.17) is 14.2 Å². The maximum atomic E-state index is 12.9. The number of hydrogen-bond acceptors (Lipinski definition) is 6. The molecule has 0 aliphatic heterocycles. The van der Waals surface area contributed by atoms with Crippen LogP contribution >= 0.6 is 0 Å². The first-order valence-corrected chi connectivity index (χ1v) is 30.4. The fourth-order valence-electron chi connectivity index (χ4n) is 8.71. The normalized spacial score (nSPS) is 12.5. The van der Waals surface area contributed by atoms with Crippen molar-refractivity contribution in [2.75, 3.05) is 13.2 Å². The number of unbranched alkanes of at least 4 members (excludes halogenated alkanes) is 32. The van der Waals surface area contributed by atoms with Gasteiger partial charge in [0.15, 0.2) is 6.10 Å². The van der Waals surface area contributed by atoms with E-state index in [1.807, 2.05) is 6.08 Å². The Bertz CT molecular complexity index is 1320. The molecule has 0 aromatic rings. The molecule has 0 saturated carbocycles. The van der Waals surface area contributed by atoms with Crippen molar-refractivity contribution in [3.63, 3.8) is 0 Å². The predicted molar refractivity (Wildman–Crippen MR) is 307 cm³/mol. The minimum Gasteiger partial charge on any atom is -0.462 e. The average molecular weight is 992 g/mol. The molecule has 0 aliphatic carbocycles. The monoisotopic (exact) mass is 991 g/mol. The molecule has 6 heteroatoms. The highest BCUT2D eigenvalue weighted by molar-refractivity contribution is 5.71. The maximum Gasteiger partial charge on any atom is 0.306 e. The molecule has 0 amide bonds. The first-order chi connectivity index (χ1) is 35.0. The van der Waals surface area contributed by atoms with Crippen LogP contribution in [0.1, 0.15) is 303 Å². The van der Waals surface area contributed by atoms with Gasteiger partial charge in [0.2, 0.25) is 0 Å². The third kappa shape index (κ3) is 57.6. The van der Waals surface area contributed by atoms with E-state index >= 15 is 0 Å². The molecule has 71 heavy (non-hydrogen) atoms. The van der Waals surface area contributed by atoms with E-state index in [0.717, 1.165) is 77.0 Å². The molecule has 0 aliphatic rings. The van der Waals surface area contributed by atoms with Crippen molar-refractivity contribution >= 4 is 17.9 Å². The Morgan fingerprint density at radius 2 is 0.549 bits per heavy atom. The first kappa shape index (κ1) is 67.8. The first-order valence-electron chi connectivity index (χ1n) is 30.4. The van der Waals surface area contributed by atoms with Crippen LogP contribution in [-0.2, 0) is 28.6 Å². The summed E-state index contributed by atoms with van der Waals surface area (Å²) in [7, 11) is 0.